The van der Waals surface area contributed by atoms with E-state index in [1.165, 1.54) is 5.56 Å². The van der Waals surface area contributed by atoms with Crippen molar-refractivity contribution in [2.24, 2.45) is 5.41 Å². The molecule has 1 aliphatic heterocycles. The van der Waals surface area contributed by atoms with Crippen molar-refractivity contribution in [3.8, 4) is 11.1 Å². The van der Waals surface area contributed by atoms with Gasteiger partial charge >= 0.3 is 0 Å². The topological polar surface area (TPSA) is 49.8 Å². The summed E-state index contributed by atoms with van der Waals surface area (Å²) in [4.78, 5) is 14.6. The number of aliphatic hydroxyl groups is 1. The first-order valence-corrected chi connectivity index (χ1v) is 9.75. The number of benzene rings is 2. The van der Waals surface area contributed by atoms with Crippen molar-refractivity contribution >= 4 is 5.91 Å². The molecule has 0 unspecified atom stereocenters. The summed E-state index contributed by atoms with van der Waals surface area (Å²) in [6, 6.07) is 18.5. The van der Waals surface area contributed by atoms with Gasteiger partial charge in [0.25, 0.3) is 0 Å². The van der Waals surface area contributed by atoms with Crippen LogP contribution in [0.15, 0.2) is 54.6 Å². The molecule has 0 bridgehead atoms. The maximum Gasteiger partial charge on any atom is 0.226 e. The van der Waals surface area contributed by atoms with Gasteiger partial charge in [-0.15, -0.1) is 0 Å². The Morgan fingerprint density at radius 1 is 1.07 bits per heavy atom. The fourth-order valence-corrected chi connectivity index (χ4v) is 4.62. The Morgan fingerprint density at radius 3 is 2.30 bits per heavy atom. The van der Waals surface area contributed by atoms with Gasteiger partial charge in [-0.25, -0.2) is 0 Å². The largest absolute Gasteiger partial charge is 0.392 e. The molecular formula is C23H27NO3. The standard InChI is InChI=1S/C23H27NO3/c1-27-21-16-20(25)23(21)11-13-24(14-12-23)22(26)15-17-7-9-19(10-8-17)18-5-3-2-4-6-18/h2-10,20-21,25H,11-16H2,1H3/t20-,21+/m0/s1. The van der Waals surface area contributed by atoms with Gasteiger partial charge in [0.15, 0.2) is 0 Å². The Labute approximate surface area is 160 Å². The normalized spacial score (nSPS) is 23.9. The molecule has 1 amide bonds. The van der Waals surface area contributed by atoms with Crippen LogP contribution in [0.5, 0.6) is 0 Å². The third-order valence-corrected chi connectivity index (χ3v) is 6.49. The van der Waals surface area contributed by atoms with Crippen molar-refractivity contribution < 1.29 is 14.6 Å². The molecule has 2 aromatic rings. The fraction of sp³-hybridized carbons (Fsp3) is 0.435. The van der Waals surface area contributed by atoms with Gasteiger partial charge in [-0.3, -0.25) is 4.79 Å². The number of rotatable bonds is 4. The van der Waals surface area contributed by atoms with Gasteiger partial charge in [-0.1, -0.05) is 54.6 Å². The van der Waals surface area contributed by atoms with Crippen molar-refractivity contribution in [3.05, 3.63) is 60.2 Å². The molecule has 2 fully saturated rings. The molecule has 2 atom stereocenters. The summed E-state index contributed by atoms with van der Waals surface area (Å²) in [5.41, 5.74) is 3.25. The van der Waals surface area contributed by atoms with Crippen molar-refractivity contribution in [3.63, 3.8) is 0 Å². The summed E-state index contributed by atoms with van der Waals surface area (Å²) in [6.45, 7) is 1.41. The zero-order valence-corrected chi connectivity index (χ0v) is 15.8. The monoisotopic (exact) mass is 365 g/mol. The summed E-state index contributed by atoms with van der Waals surface area (Å²) in [5, 5.41) is 10.2. The third kappa shape index (κ3) is 3.40. The number of hydrogen-bond donors (Lipinski definition) is 1. The van der Waals surface area contributed by atoms with Gasteiger partial charge in [0.05, 0.1) is 18.6 Å². The van der Waals surface area contributed by atoms with E-state index in [4.69, 9.17) is 4.74 Å². The Hall–Kier alpha value is -2.17. The number of piperidine rings is 1. The molecule has 1 aliphatic carbocycles. The molecule has 4 rings (SSSR count). The number of aliphatic hydroxyl groups excluding tert-OH is 1. The lowest BCUT2D eigenvalue weighted by molar-refractivity contribution is -0.202. The number of hydrogen-bond acceptors (Lipinski definition) is 3. The number of carbonyl (C=O) groups is 1. The highest BCUT2D eigenvalue weighted by Crippen LogP contribution is 2.50. The molecular weight excluding hydrogens is 338 g/mol. The van der Waals surface area contributed by atoms with Crippen LogP contribution in [-0.4, -0.2) is 48.3 Å². The molecule has 1 saturated carbocycles. The van der Waals surface area contributed by atoms with Crippen molar-refractivity contribution in [2.45, 2.75) is 37.9 Å². The number of nitrogens with zero attached hydrogens (tertiary/aromatic N) is 1. The summed E-state index contributed by atoms with van der Waals surface area (Å²) in [7, 11) is 1.72. The van der Waals surface area contributed by atoms with E-state index in [0.717, 1.165) is 30.4 Å². The Morgan fingerprint density at radius 2 is 1.70 bits per heavy atom. The molecule has 1 spiro atoms. The Bertz CT molecular complexity index is 779. The zero-order chi connectivity index (χ0) is 18.9. The van der Waals surface area contributed by atoms with Crippen LogP contribution >= 0.6 is 0 Å². The first kappa shape index (κ1) is 18.2. The van der Waals surface area contributed by atoms with Gasteiger partial charge < -0.3 is 14.7 Å². The summed E-state index contributed by atoms with van der Waals surface area (Å²) < 4.78 is 5.53. The lowest BCUT2D eigenvalue weighted by Crippen LogP contribution is -2.62. The molecule has 1 N–H and O–H groups in total. The van der Waals surface area contributed by atoms with Crippen LogP contribution in [0.3, 0.4) is 0 Å². The van der Waals surface area contributed by atoms with Crippen LogP contribution in [0.4, 0.5) is 0 Å². The van der Waals surface area contributed by atoms with Crippen LogP contribution in [0.25, 0.3) is 11.1 Å². The lowest BCUT2D eigenvalue weighted by Gasteiger charge is -2.56. The zero-order valence-electron chi connectivity index (χ0n) is 15.8. The van der Waals surface area contributed by atoms with Gasteiger partial charge in [0, 0.05) is 32.0 Å². The Balaban J connectivity index is 1.35. The molecule has 2 aliphatic rings. The maximum atomic E-state index is 12.7. The van der Waals surface area contributed by atoms with Crippen molar-refractivity contribution in [2.75, 3.05) is 20.2 Å². The average Bonchev–Trinajstić information content (AvgIpc) is 2.73. The van der Waals surface area contributed by atoms with Crippen LogP contribution in [0, 0.1) is 5.41 Å². The Kier molecular flexibility index (Phi) is 5.02. The second kappa shape index (κ2) is 7.45. The fourth-order valence-electron chi connectivity index (χ4n) is 4.62. The van der Waals surface area contributed by atoms with Crippen LogP contribution in [0.2, 0.25) is 0 Å². The molecule has 2 aromatic carbocycles. The minimum Gasteiger partial charge on any atom is -0.392 e. The second-order valence-corrected chi connectivity index (χ2v) is 7.83. The van der Waals surface area contributed by atoms with Crippen LogP contribution in [-0.2, 0) is 16.0 Å². The predicted molar refractivity (Wildman–Crippen MR) is 105 cm³/mol. The van der Waals surface area contributed by atoms with Gasteiger partial charge in [0.2, 0.25) is 5.91 Å². The van der Waals surface area contributed by atoms with Gasteiger partial charge in [-0.2, -0.15) is 0 Å². The molecule has 0 radical (unpaired) electrons. The molecule has 4 heteroatoms. The highest BCUT2D eigenvalue weighted by molar-refractivity contribution is 5.79. The predicted octanol–water partition coefficient (Wildman–Crippen LogP) is 3.28. The number of carbonyl (C=O) groups excluding carboxylic acids is 1. The van der Waals surface area contributed by atoms with E-state index >= 15 is 0 Å². The van der Waals surface area contributed by atoms with E-state index < -0.39 is 0 Å². The molecule has 27 heavy (non-hydrogen) atoms. The van der Waals surface area contributed by atoms with E-state index in [0.29, 0.717) is 19.5 Å². The number of likely N-dealkylation sites (tertiary alicyclic amines) is 1. The van der Waals surface area contributed by atoms with Gasteiger partial charge in [-0.05, 0) is 29.5 Å². The highest BCUT2D eigenvalue weighted by atomic mass is 16.5. The minimum atomic E-state index is -0.287. The number of amides is 1. The number of ether oxygens (including phenoxy) is 1. The lowest BCUT2D eigenvalue weighted by atomic mass is 9.58. The molecule has 0 aromatic heterocycles. The van der Waals surface area contributed by atoms with E-state index in [2.05, 4.69) is 24.3 Å². The van der Waals surface area contributed by atoms with Crippen molar-refractivity contribution in [1.29, 1.82) is 0 Å². The van der Waals surface area contributed by atoms with E-state index in [1.807, 2.05) is 35.2 Å². The number of methoxy groups -OCH3 is 1. The van der Waals surface area contributed by atoms with Crippen LogP contribution < -0.4 is 0 Å². The third-order valence-electron chi connectivity index (χ3n) is 6.49. The minimum absolute atomic E-state index is 0.135. The summed E-state index contributed by atoms with van der Waals surface area (Å²) in [6.07, 6.45) is 2.65. The average molecular weight is 365 g/mol. The molecule has 1 heterocycles. The van der Waals surface area contributed by atoms with E-state index in [1.54, 1.807) is 7.11 Å². The molecule has 142 valence electrons. The highest BCUT2D eigenvalue weighted by Gasteiger charge is 2.56. The smallest absolute Gasteiger partial charge is 0.226 e. The van der Waals surface area contributed by atoms with E-state index in [-0.39, 0.29) is 23.5 Å². The second-order valence-electron chi connectivity index (χ2n) is 7.83. The van der Waals surface area contributed by atoms with Gasteiger partial charge in [0.1, 0.15) is 0 Å². The first-order chi connectivity index (χ1) is 13.1. The summed E-state index contributed by atoms with van der Waals surface area (Å²) >= 11 is 0. The molecule has 1 saturated heterocycles. The summed E-state index contributed by atoms with van der Waals surface area (Å²) in [5.74, 6) is 0.167. The quantitative estimate of drug-likeness (QED) is 0.905. The van der Waals surface area contributed by atoms with Crippen LogP contribution in [0.1, 0.15) is 24.8 Å². The van der Waals surface area contributed by atoms with Crippen molar-refractivity contribution in [1.82, 2.24) is 4.90 Å². The maximum absolute atomic E-state index is 12.7. The molecule has 4 nitrogen and oxygen atoms in total. The first-order valence-electron chi connectivity index (χ1n) is 9.75. The van der Waals surface area contributed by atoms with E-state index in [9.17, 15) is 9.90 Å². The SMILES string of the molecule is CO[C@@H]1C[C@H](O)C12CCN(C(=O)Cc1ccc(-c3ccccc3)cc1)CC2.